The zero-order valence-electron chi connectivity index (χ0n) is 14.9. The molecule has 1 aliphatic rings. The SMILES string of the molecule is CCC[C@H](C)c1nnc(NC(=O)C2CCN(C(=O)N(C)C)CC2)s1. The smallest absolute Gasteiger partial charge is 0.319 e. The highest BCUT2D eigenvalue weighted by atomic mass is 32.1. The van der Waals surface area contributed by atoms with Crippen molar-refractivity contribution in [1.29, 1.82) is 0 Å². The van der Waals surface area contributed by atoms with Gasteiger partial charge < -0.3 is 15.1 Å². The van der Waals surface area contributed by atoms with E-state index in [4.69, 9.17) is 0 Å². The molecule has 0 aromatic carbocycles. The Morgan fingerprint density at radius 2 is 2.00 bits per heavy atom. The van der Waals surface area contributed by atoms with Crippen molar-refractivity contribution in [1.82, 2.24) is 20.0 Å². The van der Waals surface area contributed by atoms with Gasteiger partial charge in [0.15, 0.2) is 0 Å². The molecule has 8 heteroatoms. The van der Waals surface area contributed by atoms with Crippen molar-refractivity contribution in [3.8, 4) is 0 Å². The van der Waals surface area contributed by atoms with Crippen LogP contribution in [0.15, 0.2) is 0 Å². The van der Waals surface area contributed by atoms with Gasteiger partial charge in [-0.05, 0) is 19.3 Å². The normalized spacial score (nSPS) is 16.8. The van der Waals surface area contributed by atoms with Crippen molar-refractivity contribution in [2.24, 2.45) is 5.92 Å². The molecule has 2 heterocycles. The first-order chi connectivity index (χ1) is 11.4. The topological polar surface area (TPSA) is 78.4 Å². The van der Waals surface area contributed by atoms with E-state index >= 15 is 0 Å². The van der Waals surface area contributed by atoms with Gasteiger partial charge >= 0.3 is 6.03 Å². The summed E-state index contributed by atoms with van der Waals surface area (Å²) in [6, 6.07) is 0.00698. The average molecular weight is 353 g/mol. The number of hydrogen-bond donors (Lipinski definition) is 1. The van der Waals surface area contributed by atoms with Gasteiger partial charge in [0.1, 0.15) is 5.01 Å². The van der Waals surface area contributed by atoms with Crippen LogP contribution in [-0.4, -0.2) is 59.1 Å². The lowest BCUT2D eigenvalue weighted by molar-refractivity contribution is -0.121. The third-order valence-electron chi connectivity index (χ3n) is 4.33. The van der Waals surface area contributed by atoms with Crippen LogP contribution in [-0.2, 0) is 4.79 Å². The maximum Gasteiger partial charge on any atom is 0.319 e. The number of nitrogens with zero attached hydrogens (tertiary/aromatic N) is 4. The zero-order valence-corrected chi connectivity index (χ0v) is 15.7. The van der Waals surface area contributed by atoms with Gasteiger partial charge in [-0.2, -0.15) is 0 Å². The summed E-state index contributed by atoms with van der Waals surface area (Å²) < 4.78 is 0. The van der Waals surface area contributed by atoms with Crippen molar-refractivity contribution in [2.45, 2.75) is 45.4 Å². The summed E-state index contributed by atoms with van der Waals surface area (Å²) in [4.78, 5) is 27.7. The molecule has 0 aliphatic carbocycles. The van der Waals surface area contributed by atoms with Gasteiger partial charge in [-0.3, -0.25) is 4.79 Å². The molecule has 2 rings (SSSR count). The summed E-state index contributed by atoms with van der Waals surface area (Å²) in [5.74, 6) is 0.285. The number of anilines is 1. The fourth-order valence-electron chi connectivity index (χ4n) is 2.86. The highest BCUT2D eigenvalue weighted by Gasteiger charge is 2.28. The third kappa shape index (κ3) is 4.66. The Morgan fingerprint density at radius 3 is 2.58 bits per heavy atom. The molecule has 1 N–H and O–H groups in total. The predicted octanol–water partition coefficient (Wildman–Crippen LogP) is 2.77. The zero-order chi connectivity index (χ0) is 17.7. The highest BCUT2D eigenvalue weighted by molar-refractivity contribution is 7.15. The number of nitrogens with one attached hydrogen (secondary N) is 1. The molecule has 3 amide bonds. The maximum atomic E-state index is 12.4. The first kappa shape index (κ1) is 18.6. The van der Waals surface area contributed by atoms with E-state index in [0.29, 0.717) is 37.0 Å². The maximum absolute atomic E-state index is 12.4. The second-order valence-electron chi connectivity index (χ2n) is 6.56. The van der Waals surface area contributed by atoms with Crippen molar-refractivity contribution in [3.63, 3.8) is 0 Å². The Balaban J connectivity index is 1.85. The quantitative estimate of drug-likeness (QED) is 0.883. The van der Waals surface area contributed by atoms with Crippen LogP contribution in [0.2, 0.25) is 0 Å². The van der Waals surface area contributed by atoms with Gasteiger partial charge in [0.25, 0.3) is 0 Å². The second-order valence-corrected chi connectivity index (χ2v) is 7.57. The van der Waals surface area contributed by atoms with Crippen LogP contribution in [0.1, 0.15) is 50.5 Å². The fourth-order valence-corrected chi connectivity index (χ4v) is 3.70. The van der Waals surface area contributed by atoms with E-state index in [1.165, 1.54) is 11.3 Å². The predicted molar refractivity (Wildman–Crippen MR) is 95.2 cm³/mol. The lowest BCUT2D eigenvalue weighted by Gasteiger charge is -2.32. The Kier molecular flexibility index (Phi) is 6.53. The molecule has 1 saturated heterocycles. The Labute approximate surface area is 147 Å². The standard InChI is InChI=1S/C16H27N5O2S/c1-5-6-11(2)14-18-19-15(24-14)17-13(22)12-7-9-21(10-8-12)16(23)20(3)4/h11-12H,5-10H2,1-4H3,(H,17,19,22)/t11-/m0/s1. The van der Waals surface area contributed by atoms with Crippen LogP contribution in [0.5, 0.6) is 0 Å². The van der Waals surface area contributed by atoms with Gasteiger partial charge in [-0.25, -0.2) is 4.79 Å². The van der Waals surface area contributed by atoms with E-state index in [-0.39, 0.29) is 17.9 Å². The Hall–Kier alpha value is -1.70. The number of carbonyl (C=O) groups excluding carboxylic acids is 2. The minimum absolute atomic E-state index is 0.00698. The number of aromatic nitrogens is 2. The molecule has 0 unspecified atom stereocenters. The summed E-state index contributed by atoms with van der Waals surface area (Å²) in [6.07, 6.45) is 3.54. The number of hydrogen-bond acceptors (Lipinski definition) is 5. The van der Waals surface area contributed by atoms with E-state index in [9.17, 15) is 9.59 Å². The Morgan fingerprint density at radius 1 is 1.33 bits per heavy atom. The molecule has 0 bridgehead atoms. The molecule has 1 aliphatic heterocycles. The van der Waals surface area contributed by atoms with Crippen molar-refractivity contribution >= 4 is 28.4 Å². The lowest BCUT2D eigenvalue weighted by atomic mass is 9.96. The molecular formula is C16H27N5O2S. The van der Waals surface area contributed by atoms with Crippen LogP contribution in [0.3, 0.4) is 0 Å². The molecule has 24 heavy (non-hydrogen) atoms. The van der Waals surface area contributed by atoms with E-state index in [2.05, 4.69) is 29.4 Å². The fraction of sp³-hybridized carbons (Fsp3) is 0.750. The molecule has 1 aromatic rings. The molecule has 1 aromatic heterocycles. The van der Waals surface area contributed by atoms with Gasteiger partial charge in [-0.1, -0.05) is 31.6 Å². The minimum atomic E-state index is -0.0726. The average Bonchev–Trinajstić information content (AvgIpc) is 3.03. The minimum Gasteiger partial charge on any atom is -0.331 e. The van der Waals surface area contributed by atoms with Crippen molar-refractivity contribution < 1.29 is 9.59 Å². The lowest BCUT2D eigenvalue weighted by Crippen LogP contribution is -2.45. The van der Waals surface area contributed by atoms with Crippen molar-refractivity contribution in [3.05, 3.63) is 5.01 Å². The molecule has 0 spiro atoms. The molecule has 134 valence electrons. The van der Waals surface area contributed by atoms with Crippen LogP contribution in [0.4, 0.5) is 9.93 Å². The van der Waals surface area contributed by atoms with Crippen molar-refractivity contribution in [2.75, 3.05) is 32.5 Å². The van der Waals surface area contributed by atoms with Crippen LogP contribution < -0.4 is 5.32 Å². The Bertz CT molecular complexity index is 567. The first-order valence-corrected chi connectivity index (χ1v) is 9.34. The second kappa shape index (κ2) is 8.41. The van der Waals surface area contributed by atoms with Gasteiger partial charge in [0.05, 0.1) is 0 Å². The summed E-state index contributed by atoms with van der Waals surface area (Å²) in [7, 11) is 3.49. The summed E-state index contributed by atoms with van der Waals surface area (Å²) >= 11 is 1.46. The third-order valence-corrected chi connectivity index (χ3v) is 5.40. The van der Waals surface area contributed by atoms with Gasteiger partial charge in [0.2, 0.25) is 11.0 Å². The number of carbonyl (C=O) groups is 2. The van der Waals surface area contributed by atoms with Crippen LogP contribution in [0.25, 0.3) is 0 Å². The first-order valence-electron chi connectivity index (χ1n) is 8.52. The van der Waals surface area contributed by atoms with E-state index in [0.717, 1.165) is 17.8 Å². The molecule has 0 radical (unpaired) electrons. The van der Waals surface area contributed by atoms with E-state index in [1.807, 2.05) is 0 Å². The van der Waals surface area contributed by atoms with Gasteiger partial charge in [-0.15, -0.1) is 10.2 Å². The van der Waals surface area contributed by atoms with Crippen LogP contribution in [0, 0.1) is 5.92 Å². The largest absolute Gasteiger partial charge is 0.331 e. The van der Waals surface area contributed by atoms with E-state index < -0.39 is 0 Å². The molecule has 1 fully saturated rings. The van der Waals surface area contributed by atoms with Crippen LogP contribution >= 0.6 is 11.3 Å². The monoisotopic (exact) mass is 353 g/mol. The number of amides is 3. The molecule has 0 saturated carbocycles. The molecule has 7 nitrogen and oxygen atoms in total. The number of rotatable bonds is 5. The summed E-state index contributed by atoms with van der Waals surface area (Å²) in [5.41, 5.74) is 0. The van der Waals surface area contributed by atoms with Gasteiger partial charge in [0, 0.05) is 39.0 Å². The molecular weight excluding hydrogens is 326 g/mol. The molecule has 1 atom stereocenters. The van der Waals surface area contributed by atoms with E-state index in [1.54, 1.807) is 23.9 Å². The highest BCUT2D eigenvalue weighted by Crippen LogP contribution is 2.27. The number of likely N-dealkylation sites (tertiary alicyclic amines) is 1. The number of piperidine rings is 1. The summed E-state index contributed by atoms with van der Waals surface area (Å²) in [5, 5.41) is 12.7. The number of urea groups is 1. The summed E-state index contributed by atoms with van der Waals surface area (Å²) in [6.45, 7) is 5.51.